The van der Waals surface area contributed by atoms with E-state index in [4.69, 9.17) is 4.52 Å². The van der Waals surface area contributed by atoms with Crippen molar-refractivity contribution in [3.8, 4) is 0 Å². The molecule has 162 valence electrons. The van der Waals surface area contributed by atoms with Crippen molar-refractivity contribution in [3.63, 3.8) is 0 Å². The third-order valence-corrected chi connectivity index (χ3v) is 6.83. The van der Waals surface area contributed by atoms with Crippen LogP contribution in [0, 0.1) is 10.1 Å². The number of nitrogens with zero attached hydrogens (tertiary/aromatic N) is 4. The molecule has 1 aliphatic carbocycles. The summed E-state index contributed by atoms with van der Waals surface area (Å²) in [5.74, 6) is 1.57. The summed E-state index contributed by atoms with van der Waals surface area (Å²) in [5, 5.41) is 15.4. The number of anilines is 1. The average Bonchev–Trinajstić information content (AvgIpc) is 3.43. The molecule has 2 aliphatic rings. The number of aromatic nitrogens is 2. The highest BCUT2D eigenvalue weighted by Gasteiger charge is 2.47. The lowest BCUT2D eigenvalue weighted by Gasteiger charge is -2.32. The predicted octanol–water partition coefficient (Wildman–Crippen LogP) is 3.53. The van der Waals surface area contributed by atoms with Crippen LogP contribution in [0.2, 0.25) is 0 Å². The fraction of sp³-hybridized carbons (Fsp3) is 0.529. The number of alkyl halides is 3. The Morgan fingerprint density at radius 1 is 1.13 bits per heavy atom. The Labute approximate surface area is 168 Å². The van der Waals surface area contributed by atoms with Gasteiger partial charge in [-0.2, -0.15) is 18.2 Å². The first kappa shape index (κ1) is 20.6. The van der Waals surface area contributed by atoms with Crippen molar-refractivity contribution in [2.24, 2.45) is 0 Å². The van der Waals surface area contributed by atoms with Crippen LogP contribution < -0.4 is 4.90 Å². The molecule has 4 rings (SSSR count). The number of hydrogen-bond acceptors (Lipinski definition) is 8. The zero-order chi connectivity index (χ0) is 21.7. The Morgan fingerprint density at radius 3 is 2.37 bits per heavy atom. The normalized spacial score (nSPS) is 18.6. The molecular weight excluding hydrogens is 429 g/mol. The van der Waals surface area contributed by atoms with Crippen molar-refractivity contribution in [1.29, 1.82) is 0 Å². The van der Waals surface area contributed by atoms with E-state index in [2.05, 4.69) is 10.1 Å². The molecule has 0 amide bonds. The van der Waals surface area contributed by atoms with Crippen molar-refractivity contribution < 1.29 is 31.0 Å². The van der Waals surface area contributed by atoms with Crippen molar-refractivity contribution in [3.05, 3.63) is 40.0 Å². The molecule has 1 saturated carbocycles. The van der Waals surface area contributed by atoms with Gasteiger partial charge >= 0.3 is 5.51 Å². The van der Waals surface area contributed by atoms with Crippen LogP contribution in [0.3, 0.4) is 0 Å². The summed E-state index contributed by atoms with van der Waals surface area (Å²) in [6.07, 6.45) is 3.21. The molecule has 0 unspecified atom stereocenters. The van der Waals surface area contributed by atoms with Gasteiger partial charge in [-0.05, 0) is 37.8 Å². The van der Waals surface area contributed by atoms with Gasteiger partial charge in [-0.25, -0.2) is 8.42 Å². The van der Waals surface area contributed by atoms with Crippen molar-refractivity contribution in [2.75, 3.05) is 18.0 Å². The molecule has 0 N–H and O–H groups in total. The number of nitro benzene ring substituents is 1. The molecule has 0 atom stereocenters. The van der Waals surface area contributed by atoms with E-state index in [1.54, 1.807) is 4.90 Å². The monoisotopic (exact) mass is 446 g/mol. The second-order valence-electron chi connectivity index (χ2n) is 7.38. The highest BCUT2D eigenvalue weighted by atomic mass is 32.2. The minimum Gasteiger partial charge on any atom is -0.366 e. The molecule has 2 fully saturated rings. The number of piperidine rings is 1. The molecule has 13 heteroatoms. The second-order valence-corrected chi connectivity index (χ2v) is 9.32. The minimum absolute atomic E-state index is 0.0152. The summed E-state index contributed by atoms with van der Waals surface area (Å²) in [7, 11) is -5.67. The summed E-state index contributed by atoms with van der Waals surface area (Å²) >= 11 is 0. The summed E-state index contributed by atoms with van der Waals surface area (Å²) in [6, 6.07) is 2.26. The second kappa shape index (κ2) is 7.22. The maximum Gasteiger partial charge on any atom is 0.501 e. The highest BCUT2D eigenvalue weighted by Crippen LogP contribution is 2.41. The zero-order valence-electron chi connectivity index (χ0n) is 15.5. The molecule has 0 spiro atoms. The van der Waals surface area contributed by atoms with Crippen LogP contribution in [0.25, 0.3) is 0 Å². The Bertz CT molecular complexity index is 1070. The van der Waals surface area contributed by atoms with E-state index in [1.807, 2.05) is 0 Å². The Hall–Kier alpha value is -2.70. The van der Waals surface area contributed by atoms with E-state index in [0.29, 0.717) is 49.6 Å². The third-order valence-electron chi connectivity index (χ3n) is 5.34. The fourth-order valence-electron chi connectivity index (χ4n) is 3.51. The topological polar surface area (TPSA) is 119 Å². The lowest BCUT2D eigenvalue weighted by atomic mass is 9.95. The Kier molecular flexibility index (Phi) is 4.95. The van der Waals surface area contributed by atoms with E-state index < -0.39 is 30.9 Å². The summed E-state index contributed by atoms with van der Waals surface area (Å²) < 4.78 is 66.8. The molecule has 30 heavy (non-hydrogen) atoms. The molecule has 9 nitrogen and oxygen atoms in total. The van der Waals surface area contributed by atoms with E-state index in [-0.39, 0.29) is 11.6 Å². The number of sulfone groups is 1. The van der Waals surface area contributed by atoms with Gasteiger partial charge in [0.15, 0.2) is 5.82 Å². The van der Waals surface area contributed by atoms with Gasteiger partial charge in [0.2, 0.25) is 5.89 Å². The molecule has 1 aliphatic heterocycles. The first-order valence-corrected chi connectivity index (χ1v) is 10.7. The molecule has 0 radical (unpaired) electrons. The van der Waals surface area contributed by atoms with E-state index in [0.717, 1.165) is 25.0 Å². The van der Waals surface area contributed by atoms with Gasteiger partial charge in [0.05, 0.1) is 9.82 Å². The Morgan fingerprint density at radius 2 is 1.80 bits per heavy atom. The molecule has 0 bridgehead atoms. The van der Waals surface area contributed by atoms with E-state index in [1.165, 1.54) is 0 Å². The summed E-state index contributed by atoms with van der Waals surface area (Å²) in [4.78, 5) is 15.5. The first-order valence-electron chi connectivity index (χ1n) is 9.26. The maximum absolute atomic E-state index is 12.8. The average molecular weight is 446 g/mol. The van der Waals surface area contributed by atoms with Gasteiger partial charge in [-0.3, -0.25) is 10.1 Å². The van der Waals surface area contributed by atoms with Crippen molar-refractivity contribution in [1.82, 2.24) is 10.1 Å². The predicted molar refractivity (Wildman–Crippen MR) is 96.8 cm³/mol. The van der Waals surface area contributed by atoms with Gasteiger partial charge in [0.1, 0.15) is 5.69 Å². The number of rotatable bonds is 5. The number of nitro groups is 1. The molecule has 2 aromatic rings. The standard InChI is InChI=1S/C17H17F3N4O5S/c18-17(19,20)30(27,28)12-3-4-13(14(9-12)24(25)26)23-7-5-10(6-8-23)15-21-16(29-22-15)11-1-2-11/h3-4,9-11H,1-2,5-8H2. The quantitative estimate of drug-likeness (QED) is 0.505. The van der Waals surface area contributed by atoms with Gasteiger partial charge in [-0.15, -0.1) is 0 Å². The van der Waals surface area contributed by atoms with E-state index in [9.17, 15) is 31.7 Å². The molecule has 2 heterocycles. The first-order chi connectivity index (χ1) is 14.1. The smallest absolute Gasteiger partial charge is 0.366 e. The lowest BCUT2D eigenvalue weighted by Crippen LogP contribution is -2.33. The van der Waals surface area contributed by atoms with Crippen LogP contribution in [-0.2, 0) is 9.84 Å². The van der Waals surface area contributed by atoms with E-state index >= 15 is 0 Å². The molecule has 1 aromatic heterocycles. The van der Waals surface area contributed by atoms with Gasteiger partial charge in [-0.1, -0.05) is 5.16 Å². The molecular formula is C17H17F3N4O5S. The highest BCUT2D eigenvalue weighted by molar-refractivity contribution is 7.92. The van der Waals surface area contributed by atoms with Gasteiger partial charge in [0, 0.05) is 31.0 Å². The third kappa shape index (κ3) is 3.73. The SMILES string of the molecule is O=[N+]([O-])c1cc(S(=O)(=O)C(F)(F)F)ccc1N1CCC(c2noc(C3CC3)n2)CC1. The van der Waals surface area contributed by atoms with Crippen LogP contribution >= 0.6 is 0 Å². The fourth-order valence-corrected chi connectivity index (χ4v) is 4.29. The molecule has 1 aromatic carbocycles. The minimum atomic E-state index is -5.67. The number of benzene rings is 1. The van der Waals surface area contributed by atoms with Crippen LogP contribution in [0.4, 0.5) is 24.5 Å². The number of halogens is 3. The van der Waals surface area contributed by atoms with Crippen LogP contribution in [0.15, 0.2) is 27.6 Å². The van der Waals surface area contributed by atoms with Crippen LogP contribution in [0.1, 0.15) is 49.2 Å². The van der Waals surface area contributed by atoms with Crippen molar-refractivity contribution in [2.45, 2.75) is 47.9 Å². The van der Waals surface area contributed by atoms with Gasteiger partial charge < -0.3 is 9.42 Å². The molecule has 1 saturated heterocycles. The summed E-state index contributed by atoms with van der Waals surface area (Å²) in [6.45, 7) is 0.758. The largest absolute Gasteiger partial charge is 0.501 e. The van der Waals surface area contributed by atoms with Crippen LogP contribution in [-0.4, -0.2) is 42.1 Å². The van der Waals surface area contributed by atoms with Crippen LogP contribution in [0.5, 0.6) is 0 Å². The lowest BCUT2D eigenvalue weighted by molar-refractivity contribution is -0.384. The zero-order valence-corrected chi connectivity index (χ0v) is 16.3. The number of hydrogen-bond donors (Lipinski definition) is 0. The summed E-state index contributed by atoms with van der Waals surface area (Å²) in [5.41, 5.74) is -6.15. The van der Waals surface area contributed by atoms with Crippen molar-refractivity contribution >= 4 is 21.2 Å². The van der Waals surface area contributed by atoms with Gasteiger partial charge in [0.25, 0.3) is 15.5 Å². The maximum atomic E-state index is 12.8. The Balaban J connectivity index is 1.53.